The average molecular weight is 477 g/mol. The van der Waals surface area contributed by atoms with Crippen LogP contribution in [0.3, 0.4) is 0 Å². The lowest BCUT2D eigenvalue weighted by molar-refractivity contribution is 0.162. The lowest BCUT2D eigenvalue weighted by Gasteiger charge is -2.27. The predicted molar refractivity (Wildman–Crippen MR) is 137 cm³/mol. The van der Waals surface area contributed by atoms with Gasteiger partial charge in [-0.25, -0.2) is 4.98 Å². The Kier molecular flexibility index (Phi) is 6.05. The summed E-state index contributed by atoms with van der Waals surface area (Å²) in [6.07, 6.45) is 8.35. The second kappa shape index (κ2) is 9.47. The zero-order valence-corrected chi connectivity index (χ0v) is 20.5. The molecule has 0 unspecified atom stereocenters. The standard InChI is InChI=1S/C27H32N4O2S/c1-30-23-11-16-34-26(23)17-24(30)27-29-18-25(19-3-2-4-19)31(27)14-15-32-20-5-7-21(8-6-20)33-22-9-12-28-13-10-22/h5-8,11,16-19,22,28H,2-4,9-10,12-15H2,1H3. The van der Waals surface area contributed by atoms with Crippen LogP contribution in [0.5, 0.6) is 11.5 Å². The molecule has 0 amide bonds. The fraction of sp³-hybridized carbons (Fsp3) is 0.444. The number of aryl methyl sites for hydroxylation is 1. The number of aromatic nitrogens is 3. The van der Waals surface area contributed by atoms with Gasteiger partial charge in [0.1, 0.15) is 24.2 Å². The van der Waals surface area contributed by atoms with Crippen molar-refractivity contribution in [1.29, 1.82) is 0 Å². The van der Waals surface area contributed by atoms with Crippen LogP contribution in [-0.2, 0) is 13.6 Å². The number of hydrogen-bond donors (Lipinski definition) is 1. The van der Waals surface area contributed by atoms with Crippen molar-refractivity contribution in [2.45, 2.75) is 50.7 Å². The molecule has 0 atom stereocenters. The van der Waals surface area contributed by atoms with E-state index in [4.69, 9.17) is 14.5 Å². The van der Waals surface area contributed by atoms with Crippen LogP contribution < -0.4 is 14.8 Å². The molecule has 4 aromatic rings. The number of imidazole rings is 1. The predicted octanol–water partition coefficient (Wildman–Crippen LogP) is 5.58. The topological polar surface area (TPSA) is 53.2 Å². The number of thiophene rings is 1. The number of nitrogens with one attached hydrogen (secondary N) is 1. The van der Waals surface area contributed by atoms with Crippen molar-refractivity contribution in [1.82, 2.24) is 19.4 Å². The van der Waals surface area contributed by atoms with Crippen molar-refractivity contribution >= 4 is 21.6 Å². The number of rotatable bonds is 8. The van der Waals surface area contributed by atoms with Crippen LogP contribution in [-0.4, -0.2) is 39.9 Å². The first-order valence-electron chi connectivity index (χ1n) is 12.5. The molecule has 1 aliphatic heterocycles. The maximum atomic E-state index is 6.16. The normalized spacial score (nSPS) is 17.2. The van der Waals surface area contributed by atoms with E-state index in [1.165, 1.54) is 40.9 Å². The molecule has 0 bridgehead atoms. The van der Waals surface area contributed by atoms with Gasteiger partial charge in [-0.3, -0.25) is 0 Å². The second-order valence-electron chi connectivity index (χ2n) is 9.43. The Bertz CT molecular complexity index is 1250. The summed E-state index contributed by atoms with van der Waals surface area (Å²) < 4.78 is 18.2. The van der Waals surface area contributed by atoms with Crippen molar-refractivity contribution in [3.8, 4) is 23.0 Å². The second-order valence-corrected chi connectivity index (χ2v) is 10.4. The summed E-state index contributed by atoms with van der Waals surface area (Å²) in [4.78, 5) is 4.89. The van der Waals surface area contributed by atoms with Gasteiger partial charge in [0, 0.05) is 24.9 Å². The molecule has 0 spiro atoms. The van der Waals surface area contributed by atoms with Crippen molar-refractivity contribution in [3.63, 3.8) is 0 Å². The van der Waals surface area contributed by atoms with Crippen LogP contribution in [0.4, 0.5) is 0 Å². The largest absolute Gasteiger partial charge is 0.492 e. The first-order valence-corrected chi connectivity index (χ1v) is 13.3. The first-order chi connectivity index (χ1) is 16.8. The Hall–Kier alpha value is -2.77. The zero-order valence-electron chi connectivity index (χ0n) is 19.7. The van der Waals surface area contributed by atoms with Gasteiger partial charge in [0.15, 0.2) is 5.82 Å². The van der Waals surface area contributed by atoms with Crippen LogP contribution in [0.2, 0.25) is 0 Å². The van der Waals surface area contributed by atoms with Gasteiger partial charge in [-0.2, -0.15) is 0 Å². The highest BCUT2D eigenvalue weighted by Gasteiger charge is 2.26. The van der Waals surface area contributed by atoms with E-state index >= 15 is 0 Å². The minimum Gasteiger partial charge on any atom is -0.492 e. The number of ether oxygens (including phenoxy) is 2. The minimum atomic E-state index is 0.311. The Labute approximate surface area is 204 Å². The molecule has 1 saturated heterocycles. The number of nitrogens with zero attached hydrogens (tertiary/aromatic N) is 3. The van der Waals surface area contributed by atoms with Gasteiger partial charge >= 0.3 is 0 Å². The fourth-order valence-electron chi connectivity index (χ4n) is 5.10. The van der Waals surface area contributed by atoms with E-state index in [-0.39, 0.29) is 0 Å². The van der Waals surface area contributed by atoms with Gasteiger partial charge in [0.05, 0.1) is 22.5 Å². The van der Waals surface area contributed by atoms with Crippen molar-refractivity contribution < 1.29 is 9.47 Å². The molecular formula is C27H32N4O2S. The highest BCUT2D eigenvalue weighted by atomic mass is 32.1. The molecule has 0 radical (unpaired) electrons. The Balaban J connectivity index is 1.15. The number of hydrogen-bond acceptors (Lipinski definition) is 5. The molecule has 6 nitrogen and oxygen atoms in total. The van der Waals surface area contributed by atoms with E-state index in [0.717, 1.165) is 49.8 Å². The fourth-order valence-corrected chi connectivity index (χ4v) is 5.95. The van der Waals surface area contributed by atoms with Crippen LogP contribution in [0, 0.1) is 0 Å². The third-order valence-corrected chi connectivity index (χ3v) is 8.15. The molecule has 2 fully saturated rings. The third-order valence-electron chi connectivity index (χ3n) is 7.30. The Morgan fingerprint density at radius 1 is 1.06 bits per heavy atom. The van der Waals surface area contributed by atoms with Gasteiger partial charge in [-0.15, -0.1) is 11.3 Å². The van der Waals surface area contributed by atoms with E-state index in [2.05, 4.69) is 45.2 Å². The molecule has 1 N–H and O–H groups in total. The number of benzene rings is 1. The molecule has 1 aromatic carbocycles. The molecule has 178 valence electrons. The minimum absolute atomic E-state index is 0.311. The average Bonchev–Trinajstić information content (AvgIpc) is 3.52. The van der Waals surface area contributed by atoms with Crippen molar-refractivity contribution in [2.24, 2.45) is 7.05 Å². The van der Waals surface area contributed by atoms with E-state index in [1.807, 2.05) is 24.3 Å². The smallest absolute Gasteiger partial charge is 0.157 e. The highest BCUT2D eigenvalue weighted by molar-refractivity contribution is 7.17. The lowest BCUT2D eigenvalue weighted by Crippen LogP contribution is -2.34. The van der Waals surface area contributed by atoms with Gasteiger partial charge in [-0.1, -0.05) is 6.42 Å². The van der Waals surface area contributed by atoms with Crippen LogP contribution >= 0.6 is 11.3 Å². The monoisotopic (exact) mass is 476 g/mol. The molecule has 3 aromatic heterocycles. The van der Waals surface area contributed by atoms with E-state index in [9.17, 15) is 0 Å². The Morgan fingerprint density at radius 2 is 1.85 bits per heavy atom. The quantitative estimate of drug-likeness (QED) is 0.361. The molecule has 6 rings (SSSR count). The zero-order chi connectivity index (χ0) is 22.9. The van der Waals surface area contributed by atoms with Crippen LogP contribution in [0.25, 0.3) is 21.7 Å². The Morgan fingerprint density at radius 3 is 2.59 bits per heavy atom. The van der Waals surface area contributed by atoms with Gasteiger partial charge < -0.3 is 23.9 Å². The highest BCUT2D eigenvalue weighted by Crippen LogP contribution is 2.39. The SMILES string of the molecule is Cn1c(-c2ncc(C3CCC3)n2CCOc2ccc(OC3CCNCC3)cc2)cc2sccc21. The molecule has 7 heteroatoms. The maximum absolute atomic E-state index is 6.16. The third kappa shape index (κ3) is 4.23. The van der Waals surface area contributed by atoms with Crippen molar-refractivity contribution in [3.05, 3.63) is 53.7 Å². The van der Waals surface area contributed by atoms with E-state index in [0.29, 0.717) is 18.6 Å². The summed E-state index contributed by atoms with van der Waals surface area (Å²) >= 11 is 1.78. The van der Waals surface area contributed by atoms with Crippen molar-refractivity contribution in [2.75, 3.05) is 19.7 Å². The van der Waals surface area contributed by atoms with Gasteiger partial charge in [-0.05, 0) is 80.6 Å². The van der Waals surface area contributed by atoms with E-state index in [1.54, 1.807) is 11.3 Å². The molecule has 4 heterocycles. The van der Waals surface area contributed by atoms with E-state index < -0.39 is 0 Å². The van der Waals surface area contributed by atoms with Crippen LogP contribution in [0.1, 0.15) is 43.7 Å². The summed E-state index contributed by atoms with van der Waals surface area (Å²) in [5.41, 5.74) is 3.79. The number of piperidine rings is 1. The summed E-state index contributed by atoms with van der Waals surface area (Å²) in [6.45, 7) is 3.46. The first kappa shape index (κ1) is 21.7. The lowest BCUT2D eigenvalue weighted by atomic mass is 9.83. The van der Waals surface area contributed by atoms with Gasteiger partial charge in [0.2, 0.25) is 0 Å². The molecule has 34 heavy (non-hydrogen) atoms. The maximum Gasteiger partial charge on any atom is 0.157 e. The molecule has 1 aliphatic carbocycles. The summed E-state index contributed by atoms with van der Waals surface area (Å²) in [5, 5.41) is 5.53. The summed E-state index contributed by atoms with van der Waals surface area (Å²) in [7, 11) is 2.14. The molecule has 1 saturated carbocycles. The summed E-state index contributed by atoms with van der Waals surface area (Å²) in [5.74, 6) is 3.46. The molecular weight excluding hydrogens is 444 g/mol. The molecule has 2 aliphatic rings. The van der Waals surface area contributed by atoms with Crippen LogP contribution in [0.15, 0.2) is 48.0 Å². The number of fused-ring (bicyclic) bond motifs is 1. The van der Waals surface area contributed by atoms with Gasteiger partial charge in [0.25, 0.3) is 0 Å². The summed E-state index contributed by atoms with van der Waals surface area (Å²) in [6, 6.07) is 12.5.